The molecule has 0 spiro atoms. The van der Waals surface area contributed by atoms with Gasteiger partial charge in [0.25, 0.3) is 5.69 Å². The number of nitro groups is 1. The van der Waals surface area contributed by atoms with Crippen molar-refractivity contribution in [2.75, 3.05) is 6.54 Å². The Labute approximate surface area is 140 Å². The Kier molecular flexibility index (Phi) is 4.91. The lowest BCUT2D eigenvalue weighted by atomic mass is 10.0. The Hall–Kier alpha value is -2.66. The molecule has 0 fully saturated rings. The maximum Gasteiger partial charge on any atom is 0.269 e. The quantitative estimate of drug-likeness (QED) is 0.501. The van der Waals surface area contributed by atoms with Crippen LogP contribution in [0.25, 0.3) is 10.9 Å². The van der Waals surface area contributed by atoms with Crippen LogP contribution in [0.4, 0.5) is 5.69 Å². The number of nitrogens with zero attached hydrogens (tertiary/aromatic N) is 1. The Bertz CT molecular complexity index is 841. The van der Waals surface area contributed by atoms with Crippen molar-refractivity contribution in [2.45, 2.75) is 25.8 Å². The molecule has 5 heteroatoms. The number of hydrogen-bond donors (Lipinski definition) is 2. The largest absolute Gasteiger partial charge is 0.361 e. The van der Waals surface area contributed by atoms with Gasteiger partial charge in [0.1, 0.15) is 0 Å². The van der Waals surface area contributed by atoms with Crippen LogP contribution in [0.15, 0.2) is 54.7 Å². The molecule has 3 aromatic rings. The van der Waals surface area contributed by atoms with Crippen LogP contribution in [-0.2, 0) is 6.42 Å². The number of nitro benzene ring substituents is 1. The van der Waals surface area contributed by atoms with Gasteiger partial charge in [-0.2, -0.15) is 0 Å². The first-order valence-electron chi connectivity index (χ1n) is 8.21. The van der Waals surface area contributed by atoms with Crippen molar-refractivity contribution in [1.82, 2.24) is 10.3 Å². The highest BCUT2D eigenvalue weighted by Crippen LogP contribution is 2.22. The van der Waals surface area contributed by atoms with Crippen molar-refractivity contribution in [2.24, 2.45) is 0 Å². The topological polar surface area (TPSA) is 71.0 Å². The highest BCUT2D eigenvalue weighted by Gasteiger charge is 2.13. The van der Waals surface area contributed by atoms with Gasteiger partial charge >= 0.3 is 0 Å². The minimum Gasteiger partial charge on any atom is -0.361 e. The molecule has 0 radical (unpaired) electrons. The molecule has 2 aromatic carbocycles. The molecule has 1 aromatic heterocycles. The van der Waals surface area contributed by atoms with Crippen molar-refractivity contribution in [3.63, 3.8) is 0 Å². The molecule has 124 valence electrons. The van der Waals surface area contributed by atoms with Crippen molar-refractivity contribution in [1.29, 1.82) is 0 Å². The maximum absolute atomic E-state index is 10.9. The second kappa shape index (κ2) is 7.27. The number of para-hydroxylation sites is 1. The van der Waals surface area contributed by atoms with E-state index in [1.54, 1.807) is 12.1 Å². The van der Waals surface area contributed by atoms with Gasteiger partial charge in [-0.05, 0) is 36.6 Å². The van der Waals surface area contributed by atoms with Gasteiger partial charge in [-0.1, -0.05) is 37.3 Å². The standard InChI is InChI=1S/C19H21N3O2/c1-2-18(14-6-5-7-16(12-14)22(23)24)20-11-10-15-13-21-19-9-4-3-8-17(15)19/h3-9,12-13,18,20-21H,2,10-11H2,1H3. The second-order valence-electron chi connectivity index (χ2n) is 5.88. The molecule has 5 nitrogen and oxygen atoms in total. The summed E-state index contributed by atoms with van der Waals surface area (Å²) in [6.45, 7) is 2.91. The number of fused-ring (bicyclic) bond motifs is 1. The van der Waals surface area contributed by atoms with Crippen LogP contribution < -0.4 is 5.32 Å². The molecule has 0 aliphatic heterocycles. The molecular weight excluding hydrogens is 302 g/mol. The predicted molar refractivity (Wildman–Crippen MR) is 96.1 cm³/mol. The van der Waals surface area contributed by atoms with E-state index in [1.165, 1.54) is 17.0 Å². The van der Waals surface area contributed by atoms with Crippen LogP contribution in [0.3, 0.4) is 0 Å². The molecule has 3 rings (SSSR count). The monoisotopic (exact) mass is 323 g/mol. The number of hydrogen-bond acceptors (Lipinski definition) is 3. The van der Waals surface area contributed by atoms with E-state index in [4.69, 9.17) is 0 Å². The Balaban J connectivity index is 1.66. The zero-order valence-electron chi connectivity index (χ0n) is 13.7. The number of non-ortho nitro benzene ring substituents is 1. The molecule has 0 bridgehead atoms. The molecule has 0 saturated carbocycles. The molecular formula is C19H21N3O2. The van der Waals surface area contributed by atoms with E-state index in [1.807, 2.05) is 18.2 Å². The summed E-state index contributed by atoms with van der Waals surface area (Å²) < 4.78 is 0. The molecule has 0 aliphatic rings. The molecule has 0 aliphatic carbocycles. The molecule has 0 amide bonds. The van der Waals surface area contributed by atoms with Crippen molar-refractivity contribution >= 4 is 16.6 Å². The van der Waals surface area contributed by atoms with Gasteiger partial charge in [0, 0.05) is 35.3 Å². The summed E-state index contributed by atoms with van der Waals surface area (Å²) >= 11 is 0. The average Bonchev–Trinajstić information content (AvgIpc) is 3.02. The number of aromatic amines is 1. The first kappa shape index (κ1) is 16.2. The number of nitrogens with one attached hydrogen (secondary N) is 2. The van der Waals surface area contributed by atoms with Crippen molar-refractivity contribution in [3.8, 4) is 0 Å². The van der Waals surface area contributed by atoms with Gasteiger partial charge in [0.05, 0.1) is 4.92 Å². The summed E-state index contributed by atoms with van der Waals surface area (Å²) in [4.78, 5) is 13.9. The van der Waals surface area contributed by atoms with Gasteiger partial charge in [-0.15, -0.1) is 0 Å². The second-order valence-corrected chi connectivity index (χ2v) is 5.88. The minimum atomic E-state index is -0.345. The number of rotatable bonds is 7. The van der Waals surface area contributed by atoms with E-state index in [0.29, 0.717) is 0 Å². The molecule has 2 N–H and O–H groups in total. The third-order valence-electron chi connectivity index (χ3n) is 4.35. The number of aromatic nitrogens is 1. The zero-order valence-corrected chi connectivity index (χ0v) is 13.7. The van der Waals surface area contributed by atoms with Gasteiger partial charge in [-0.3, -0.25) is 10.1 Å². The highest BCUT2D eigenvalue weighted by molar-refractivity contribution is 5.83. The summed E-state index contributed by atoms with van der Waals surface area (Å²) in [6.07, 6.45) is 3.85. The SMILES string of the molecule is CCC(NCCc1c[nH]c2ccccc12)c1cccc([N+](=O)[O-])c1. The van der Waals surface area contributed by atoms with Crippen molar-refractivity contribution in [3.05, 3.63) is 76.0 Å². The van der Waals surface area contributed by atoms with E-state index in [-0.39, 0.29) is 16.7 Å². The van der Waals surface area contributed by atoms with E-state index in [9.17, 15) is 10.1 Å². The maximum atomic E-state index is 10.9. The summed E-state index contributed by atoms with van der Waals surface area (Å²) in [5.41, 5.74) is 3.54. The normalized spacial score (nSPS) is 12.4. The smallest absolute Gasteiger partial charge is 0.269 e. The molecule has 1 unspecified atom stereocenters. The van der Waals surface area contributed by atoms with Gasteiger partial charge in [0.2, 0.25) is 0 Å². The lowest BCUT2D eigenvalue weighted by Crippen LogP contribution is -2.23. The predicted octanol–water partition coefficient (Wildman–Crippen LogP) is 4.36. The first-order valence-corrected chi connectivity index (χ1v) is 8.21. The Morgan fingerprint density at radius 1 is 1.21 bits per heavy atom. The summed E-state index contributed by atoms with van der Waals surface area (Å²) in [5, 5.41) is 15.7. The Morgan fingerprint density at radius 3 is 2.83 bits per heavy atom. The lowest BCUT2D eigenvalue weighted by Gasteiger charge is -2.17. The summed E-state index contributed by atoms with van der Waals surface area (Å²) in [7, 11) is 0. The number of H-pyrrole nitrogens is 1. The van der Waals surface area contributed by atoms with Gasteiger partial charge in [0.15, 0.2) is 0 Å². The van der Waals surface area contributed by atoms with E-state index in [2.05, 4.69) is 35.6 Å². The third-order valence-corrected chi connectivity index (χ3v) is 4.35. The van der Waals surface area contributed by atoms with Crippen LogP contribution in [-0.4, -0.2) is 16.5 Å². The first-order chi connectivity index (χ1) is 11.7. The molecule has 24 heavy (non-hydrogen) atoms. The Morgan fingerprint density at radius 2 is 2.04 bits per heavy atom. The van der Waals surface area contributed by atoms with E-state index < -0.39 is 0 Å². The fourth-order valence-electron chi connectivity index (χ4n) is 3.07. The molecule has 1 heterocycles. The summed E-state index contributed by atoms with van der Waals surface area (Å²) in [5.74, 6) is 0. The van der Waals surface area contributed by atoms with E-state index >= 15 is 0 Å². The summed E-state index contributed by atoms with van der Waals surface area (Å²) in [6, 6.07) is 15.3. The fraction of sp³-hybridized carbons (Fsp3) is 0.263. The van der Waals surface area contributed by atoms with Crippen LogP contribution in [0.2, 0.25) is 0 Å². The molecule has 0 saturated heterocycles. The van der Waals surface area contributed by atoms with Crippen LogP contribution in [0.1, 0.15) is 30.5 Å². The minimum absolute atomic E-state index is 0.120. The fourth-order valence-corrected chi connectivity index (χ4v) is 3.07. The van der Waals surface area contributed by atoms with E-state index in [0.717, 1.165) is 30.5 Å². The highest BCUT2D eigenvalue weighted by atomic mass is 16.6. The molecule has 1 atom stereocenters. The van der Waals surface area contributed by atoms with Crippen LogP contribution >= 0.6 is 0 Å². The third kappa shape index (κ3) is 3.46. The van der Waals surface area contributed by atoms with Crippen LogP contribution in [0, 0.1) is 10.1 Å². The zero-order chi connectivity index (χ0) is 16.9. The number of benzene rings is 2. The average molecular weight is 323 g/mol. The van der Waals surface area contributed by atoms with Gasteiger partial charge < -0.3 is 10.3 Å². The lowest BCUT2D eigenvalue weighted by molar-refractivity contribution is -0.384. The van der Waals surface area contributed by atoms with Gasteiger partial charge in [-0.25, -0.2) is 0 Å². The van der Waals surface area contributed by atoms with Crippen LogP contribution in [0.5, 0.6) is 0 Å². The van der Waals surface area contributed by atoms with Crippen molar-refractivity contribution < 1.29 is 4.92 Å².